The van der Waals surface area contributed by atoms with Gasteiger partial charge in [0.05, 0.1) is 12.2 Å². The SMILES string of the molecule is CCOC(=O)C1=CC[C@H](c2cccc(Br)c2)[C@@]12C(=O)Oc1ccccc12. The predicted octanol–water partition coefficient (Wildman–Crippen LogP) is 4.28. The van der Waals surface area contributed by atoms with Crippen LogP contribution in [0.15, 0.2) is 64.7 Å². The van der Waals surface area contributed by atoms with E-state index >= 15 is 0 Å². The van der Waals surface area contributed by atoms with Gasteiger partial charge < -0.3 is 9.47 Å². The zero-order chi connectivity index (χ0) is 18.3. The number of carbonyl (C=O) groups is 2. The Balaban J connectivity index is 1.93. The van der Waals surface area contributed by atoms with Gasteiger partial charge in [-0.3, -0.25) is 4.79 Å². The molecule has 2 aromatic carbocycles. The number of rotatable bonds is 3. The standard InChI is InChI=1S/C21H17BrO4/c1-2-25-19(23)17-11-10-15(13-6-5-7-14(22)12-13)21(17)16-8-3-4-9-18(16)26-20(21)24/h3-9,11-12,15H,2,10H2,1H3/t15-,21+/m1/s1. The maximum Gasteiger partial charge on any atom is 0.335 e. The van der Waals surface area contributed by atoms with Crippen molar-refractivity contribution in [3.8, 4) is 5.75 Å². The minimum absolute atomic E-state index is 0.226. The maximum absolute atomic E-state index is 13.2. The fourth-order valence-corrected chi connectivity index (χ4v) is 4.50. The first-order valence-electron chi connectivity index (χ1n) is 8.54. The van der Waals surface area contributed by atoms with E-state index in [0.29, 0.717) is 17.7 Å². The molecule has 0 saturated carbocycles. The van der Waals surface area contributed by atoms with Gasteiger partial charge in [-0.2, -0.15) is 0 Å². The van der Waals surface area contributed by atoms with Crippen LogP contribution in [0, 0.1) is 0 Å². The minimum Gasteiger partial charge on any atom is -0.463 e. The molecule has 0 saturated heterocycles. The van der Waals surface area contributed by atoms with E-state index in [1.165, 1.54) is 0 Å². The number of fused-ring (bicyclic) bond motifs is 2. The number of benzene rings is 2. The third-order valence-corrected chi connectivity index (χ3v) is 5.58. The second-order valence-corrected chi connectivity index (χ2v) is 7.29. The molecular weight excluding hydrogens is 396 g/mol. The molecule has 1 aliphatic carbocycles. The van der Waals surface area contributed by atoms with Crippen LogP contribution >= 0.6 is 15.9 Å². The van der Waals surface area contributed by atoms with Crippen molar-refractivity contribution in [1.29, 1.82) is 0 Å². The van der Waals surface area contributed by atoms with E-state index in [4.69, 9.17) is 9.47 Å². The summed E-state index contributed by atoms with van der Waals surface area (Å²) in [6, 6.07) is 15.2. The van der Waals surface area contributed by atoms with Gasteiger partial charge in [-0.1, -0.05) is 52.3 Å². The fraction of sp³-hybridized carbons (Fsp3) is 0.238. The summed E-state index contributed by atoms with van der Waals surface area (Å²) in [6.45, 7) is 2.01. The third kappa shape index (κ3) is 2.34. The zero-order valence-electron chi connectivity index (χ0n) is 14.2. The van der Waals surface area contributed by atoms with E-state index < -0.39 is 17.4 Å². The Hall–Kier alpha value is -2.40. The Morgan fingerprint density at radius 2 is 2.08 bits per heavy atom. The molecule has 0 fully saturated rings. The smallest absolute Gasteiger partial charge is 0.335 e. The van der Waals surface area contributed by atoms with Crippen molar-refractivity contribution in [3.05, 3.63) is 75.8 Å². The first-order chi connectivity index (χ1) is 12.6. The monoisotopic (exact) mass is 412 g/mol. The molecule has 5 heteroatoms. The third-order valence-electron chi connectivity index (χ3n) is 5.09. The molecule has 0 N–H and O–H groups in total. The minimum atomic E-state index is -1.16. The van der Waals surface area contributed by atoms with Gasteiger partial charge in [0.1, 0.15) is 11.2 Å². The lowest BCUT2D eigenvalue weighted by atomic mass is 9.67. The molecule has 1 spiro atoms. The largest absolute Gasteiger partial charge is 0.463 e. The van der Waals surface area contributed by atoms with E-state index in [1.54, 1.807) is 13.0 Å². The van der Waals surface area contributed by atoms with Crippen LogP contribution < -0.4 is 4.74 Å². The van der Waals surface area contributed by atoms with E-state index in [9.17, 15) is 9.59 Å². The van der Waals surface area contributed by atoms with Gasteiger partial charge in [-0.25, -0.2) is 4.79 Å². The van der Waals surface area contributed by atoms with Crippen LogP contribution in [0.1, 0.15) is 30.4 Å². The summed E-state index contributed by atoms with van der Waals surface area (Å²) in [4.78, 5) is 25.9. The summed E-state index contributed by atoms with van der Waals surface area (Å²) >= 11 is 3.50. The van der Waals surface area contributed by atoms with Crippen molar-refractivity contribution < 1.29 is 19.1 Å². The summed E-state index contributed by atoms with van der Waals surface area (Å²) < 4.78 is 11.8. The highest BCUT2D eigenvalue weighted by Crippen LogP contribution is 2.57. The quantitative estimate of drug-likeness (QED) is 0.557. The number of allylic oxidation sites excluding steroid dienone is 1. The highest BCUT2D eigenvalue weighted by molar-refractivity contribution is 9.10. The number of hydrogen-bond donors (Lipinski definition) is 0. The molecule has 0 radical (unpaired) electrons. The molecule has 2 aliphatic rings. The van der Waals surface area contributed by atoms with Crippen molar-refractivity contribution in [2.45, 2.75) is 24.7 Å². The Labute approximate surface area is 159 Å². The van der Waals surface area contributed by atoms with Crippen molar-refractivity contribution in [2.75, 3.05) is 6.61 Å². The first-order valence-corrected chi connectivity index (χ1v) is 9.33. The summed E-state index contributed by atoms with van der Waals surface area (Å²) in [6.07, 6.45) is 2.39. The molecule has 1 aliphatic heterocycles. The summed E-state index contributed by atoms with van der Waals surface area (Å²) in [5.74, 6) is -0.593. The maximum atomic E-state index is 13.2. The number of esters is 2. The van der Waals surface area contributed by atoms with E-state index in [0.717, 1.165) is 15.6 Å². The average Bonchev–Trinajstić information content (AvgIpc) is 3.16. The lowest BCUT2D eigenvalue weighted by molar-refractivity contribution is -0.144. The van der Waals surface area contributed by atoms with Gasteiger partial charge >= 0.3 is 11.9 Å². The molecule has 2 aromatic rings. The van der Waals surface area contributed by atoms with Crippen LogP contribution in [0.3, 0.4) is 0 Å². The second-order valence-electron chi connectivity index (χ2n) is 6.38. The molecule has 4 rings (SSSR count). The lowest BCUT2D eigenvalue weighted by Gasteiger charge is -2.31. The Morgan fingerprint density at radius 3 is 2.85 bits per heavy atom. The molecule has 0 unspecified atom stereocenters. The molecule has 0 aromatic heterocycles. The molecule has 26 heavy (non-hydrogen) atoms. The van der Waals surface area contributed by atoms with Gasteiger partial charge in [0.15, 0.2) is 0 Å². The molecule has 0 amide bonds. The molecule has 2 atom stereocenters. The van der Waals surface area contributed by atoms with Gasteiger partial charge in [-0.15, -0.1) is 0 Å². The van der Waals surface area contributed by atoms with Crippen molar-refractivity contribution in [3.63, 3.8) is 0 Å². The highest BCUT2D eigenvalue weighted by Gasteiger charge is 2.61. The predicted molar refractivity (Wildman–Crippen MR) is 100.0 cm³/mol. The molecule has 0 bridgehead atoms. The Bertz CT molecular complexity index is 933. The van der Waals surface area contributed by atoms with Crippen molar-refractivity contribution >= 4 is 27.9 Å². The second kappa shape index (κ2) is 6.40. The van der Waals surface area contributed by atoms with E-state index in [-0.39, 0.29) is 12.5 Å². The highest BCUT2D eigenvalue weighted by atomic mass is 79.9. The Morgan fingerprint density at radius 1 is 1.27 bits per heavy atom. The van der Waals surface area contributed by atoms with Crippen molar-refractivity contribution in [2.24, 2.45) is 0 Å². The zero-order valence-corrected chi connectivity index (χ0v) is 15.8. The lowest BCUT2D eigenvalue weighted by Crippen LogP contribution is -2.41. The van der Waals surface area contributed by atoms with E-state index in [2.05, 4.69) is 15.9 Å². The van der Waals surface area contributed by atoms with Gasteiger partial charge in [0, 0.05) is 16.0 Å². The van der Waals surface area contributed by atoms with Gasteiger partial charge in [0.25, 0.3) is 0 Å². The Kier molecular flexibility index (Phi) is 4.19. The van der Waals surface area contributed by atoms with Crippen molar-refractivity contribution in [1.82, 2.24) is 0 Å². The van der Waals surface area contributed by atoms with Crippen LogP contribution in [0.5, 0.6) is 5.75 Å². The number of ether oxygens (including phenoxy) is 2. The summed E-state index contributed by atoms with van der Waals surface area (Å²) in [5, 5.41) is 0. The topological polar surface area (TPSA) is 52.6 Å². The van der Waals surface area contributed by atoms with Crippen LogP contribution in [0.4, 0.5) is 0 Å². The average molecular weight is 413 g/mol. The summed E-state index contributed by atoms with van der Waals surface area (Å²) in [5.41, 5.74) is 0.915. The molecule has 1 heterocycles. The van der Waals surface area contributed by atoms with Gasteiger partial charge in [0.2, 0.25) is 0 Å². The molecule has 132 valence electrons. The number of hydrogen-bond acceptors (Lipinski definition) is 4. The number of halogens is 1. The molecule has 4 nitrogen and oxygen atoms in total. The van der Waals surface area contributed by atoms with Crippen LogP contribution in [0.2, 0.25) is 0 Å². The normalized spacial score (nSPS) is 23.5. The van der Waals surface area contributed by atoms with Crippen LogP contribution in [-0.4, -0.2) is 18.5 Å². The fourth-order valence-electron chi connectivity index (χ4n) is 4.08. The molecular formula is C21H17BrO4. The number of para-hydroxylation sites is 1. The van der Waals surface area contributed by atoms with Crippen LogP contribution in [-0.2, 0) is 19.7 Å². The number of carbonyl (C=O) groups excluding carboxylic acids is 2. The van der Waals surface area contributed by atoms with Crippen LogP contribution in [0.25, 0.3) is 0 Å². The van der Waals surface area contributed by atoms with Gasteiger partial charge in [-0.05, 0) is 37.1 Å². The van der Waals surface area contributed by atoms with E-state index in [1.807, 2.05) is 48.5 Å². The first kappa shape index (κ1) is 17.0. The summed E-state index contributed by atoms with van der Waals surface area (Å²) in [7, 11) is 0.